The van der Waals surface area contributed by atoms with Gasteiger partial charge in [0.25, 0.3) is 0 Å². The number of rotatable bonds is 2. The molecule has 0 amide bonds. The molecule has 1 atom stereocenters. The van der Waals surface area contributed by atoms with Gasteiger partial charge in [-0.15, -0.1) is 12.4 Å². The van der Waals surface area contributed by atoms with Crippen molar-refractivity contribution in [2.24, 2.45) is 0 Å². The molecule has 1 N–H and O–H groups in total. The van der Waals surface area contributed by atoms with Crippen LogP contribution in [0.25, 0.3) is 0 Å². The first-order valence-electron chi connectivity index (χ1n) is 5.44. The highest BCUT2D eigenvalue weighted by molar-refractivity contribution is 7.70. The van der Waals surface area contributed by atoms with E-state index in [4.69, 9.17) is 0 Å². The Labute approximate surface area is 104 Å². The van der Waals surface area contributed by atoms with E-state index in [0.717, 1.165) is 24.8 Å². The molecule has 1 fully saturated rings. The molecule has 1 aromatic rings. The fourth-order valence-corrected chi connectivity index (χ4v) is 3.57. The van der Waals surface area contributed by atoms with Crippen molar-refractivity contribution < 1.29 is 4.57 Å². The Morgan fingerprint density at radius 2 is 2.00 bits per heavy atom. The van der Waals surface area contributed by atoms with Gasteiger partial charge in [0.1, 0.15) is 7.14 Å². The van der Waals surface area contributed by atoms with Crippen LogP contribution in [-0.4, -0.2) is 26.4 Å². The molecule has 1 aliphatic heterocycles. The molecule has 16 heavy (non-hydrogen) atoms. The summed E-state index contributed by atoms with van der Waals surface area (Å²) in [7, 11) is -2.14. The van der Waals surface area contributed by atoms with Gasteiger partial charge in [0.05, 0.1) is 0 Å². The smallest absolute Gasteiger partial charge is 0.110 e. The fraction of sp³-hybridized carbons (Fsp3) is 0.500. The molecule has 1 aromatic carbocycles. The third-order valence-corrected chi connectivity index (χ3v) is 4.58. The van der Waals surface area contributed by atoms with Crippen molar-refractivity contribution in [2.45, 2.75) is 12.3 Å². The van der Waals surface area contributed by atoms with Crippen LogP contribution in [0.15, 0.2) is 24.3 Å². The average molecular weight is 260 g/mol. The normalized spacial score (nSPS) is 20.5. The summed E-state index contributed by atoms with van der Waals surface area (Å²) >= 11 is 0. The Balaban J connectivity index is 0.00000128. The van der Waals surface area contributed by atoms with Gasteiger partial charge in [-0.25, -0.2) is 0 Å². The third-order valence-electron chi connectivity index (χ3n) is 3.02. The minimum absolute atomic E-state index is 0. The summed E-state index contributed by atoms with van der Waals surface area (Å²) < 4.78 is 12.2. The van der Waals surface area contributed by atoms with Crippen LogP contribution in [0.5, 0.6) is 0 Å². The largest absolute Gasteiger partial charge is 0.319 e. The summed E-state index contributed by atoms with van der Waals surface area (Å²) in [6, 6.07) is 8.19. The van der Waals surface area contributed by atoms with Crippen molar-refractivity contribution in [3.63, 3.8) is 0 Å². The Bertz CT molecular complexity index is 396. The maximum atomic E-state index is 12.2. The van der Waals surface area contributed by atoms with Crippen molar-refractivity contribution in [3.8, 4) is 0 Å². The molecule has 1 heterocycles. The maximum Gasteiger partial charge on any atom is 0.110 e. The molecule has 1 saturated heterocycles. The molecule has 0 radical (unpaired) electrons. The molecule has 2 nitrogen and oxygen atoms in total. The second-order valence-electron chi connectivity index (χ2n) is 4.60. The Morgan fingerprint density at radius 1 is 1.31 bits per heavy atom. The summed E-state index contributed by atoms with van der Waals surface area (Å²) in [6.07, 6.45) is 1.16. The van der Waals surface area contributed by atoms with Crippen LogP contribution in [0.2, 0.25) is 0 Å². The first-order valence-corrected chi connectivity index (χ1v) is 8.04. The van der Waals surface area contributed by atoms with Gasteiger partial charge in [-0.2, -0.15) is 0 Å². The van der Waals surface area contributed by atoms with E-state index in [0.29, 0.717) is 5.92 Å². The predicted molar refractivity (Wildman–Crippen MR) is 73.0 cm³/mol. The monoisotopic (exact) mass is 259 g/mol. The molecule has 1 unspecified atom stereocenters. The number of halogens is 1. The molecular weight excluding hydrogens is 241 g/mol. The van der Waals surface area contributed by atoms with E-state index in [2.05, 4.69) is 11.4 Å². The van der Waals surface area contributed by atoms with E-state index >= 15 is 0 Å². The lowest BCUT2D eigenvalue weighted by Gasteiger charge is -2.17. The van der Waals surface area contributed by atoms with Crippen LogP contribution in [-0.2, 0) is 4.57 Å². The quantitative estimate of drug-likeness (QED) is 0.827. The Kier molecular flexibility index (Phi) is 4.61. The van der Waals surface area contributed by atoms with Crippen molar-refractivity contribution in [1.29, 1.82) is 0 Å². The van der Waals surface area contributed by atoms with Gasteiger partial charge in [0, 0.05) is 11.8 Å². The van der Waals surface area contributed by atoms with Crippen LogP contribution in [0.4, 0.5) is 0 Å². The van der Waals surface area contributed by atoms with Crippen LogP contribution in [0, 0.1) is 0 Å². The number of hydrogen-bond acceptors (Lipinski definition) is 2. The van der Waals surface area contributed by atoms with E-state index in [9.17, 15) is 4.57 Å². The molecule has 0 aromatic heterocycles. The van der Waals surface area contributed by atoms with E-state index in [1.54, 1.807) is 0 Å². The summed E-state index contributed by atoms with van der Waals surface area (Å²) in [5.74, 6) is 0.550. The molecule has 0 aliphatic carbocycles. The minimum atomic E-state index is -2.14. The first-order chi connectivity index (χ1) is 7.09. The van der Waals surface area contributed by atoms with E-state index in [-0.39, 0.29) is 12.4 Å². The van der Waals surface area contributed by atoms with E-state index in [1.807, 2.05) is 31.5 Å². The lowest BCUT2D eigenvalue weighted by atomic mass is 9.98. The van der Waals surface area contributed by atoms with Crippen molar-refractivity contribution in [3.05, 3.63) is 29.8 Å². The highest BCUT2D eigenvalue weighted by atomic mass is 35.5. The van der Waals surface area contributed by atoms with Gasteiger partial charge in [0.2, 0.25) is 0 Å². The first kappa shape index (κ1) is 13.8. The lowest BCUT2D eigenvalue weighted by molar-refractivity contribution is 0.588. The molecule has 4 heteroatoms. The van der Waals surface area contributed by atoms with E-state index in [1.165, 1.54) is 5.56 Å². The molecule has 0 spiro atoms. The van der Waals surface area contributed by atoms with Crippen LogP contribution in [0.3, 0.4) is 0 Å². The third kappa shape index (κ3) is 2.88. The molecular formula is C12H19ClNOP. The average Bonchev–Trinajstić information content (AvgIpc) is 2.69. The van der Waals surface area contributed by atoms with Gasteiger partial charge in [-0.1, -0.05) is 24.3 Å². The van der Waals surface area contributed by atoms with Gasteiger partial charge in [-0.05, 0) is 37.8 Å². The molecule has 2 rings (SSSR count). The van der Waals surface area contributed by atoms with Crippen molar-refractivity contribution in [2.75, 3.05) is 26.4 Å². The zero-order chi connectivity index (χ0) is 10.9. The number of hydrogen-bond donors (Lipinski definition) is 1. The van der Waals surface area contributed by atoms with Crippen LogP contribution >= 0.6 is 19.5 Å². The Morgan fingerprint density at radius 3 is 2.56 bits per heavy atom. The highest BCUT2D eigenvalue weighted by Gasteiger charge is 2.23. The maximum absolute atomic E-state index is 12.2. The van der Waals surface area contributed by atoms with Crippen molar-refractivity contribution >= 4 is 24.9 Å². The lowest BCUT2D eigenvalue weighted by Crippen LogP contribution is -2.16. The summed E-state index contributed by atoms with van der Waals surface area (Å²) in [5.41, 5.74) is 1.29. The van der Waals surface area contributed by atoms with Gasteiger partial charge in [-0.3, -0.25) is 0 Å². The number of benzene rings is 1. The highest BCUT2D eigenvalue weighted by Crippen LogP contribution is 2.38. The molecule has 0 bridgehead atoms. The summed E-state index contributed by atoms with van der Waals surface area (Å²) in [5, 5.41) is 4.43. The fourth-order valence-electron chi connectivity index (χ4n) is 2.24. The second kappa shape index (κ2) is 5.35. The topological polar surface area (TPSA) is 29.1 Å². The number of nitrogens with one attached hydrogen (secondary N) is 1. The van der Waals surface area contributed by atoms with Gasteiger partial charge >= 0.3 is 0 Å². The predicted octanol–water partition coefficient (Wildman–Crippen LogP) is 2.43. The van der Waals surface area contributed by atoms with Gasteiger partial charge < -0.3 is 9.88 Å². The van der Waals surface area contributed by atoms with E-state index < -0.39 is 7.14 Å². The van der Waals surface area contributed by atoms with Crippen molar-refractivity contribution in [1.82, 2.24) is 5.32 Å². The summed E-state index contributed by atoms with van der Waals surface area (Å²) in [4.78, 5) is 0. The van der Waals surface area contributed by atoms with Crippen LogP contribution < -0.4 is 10.6 Å². The standard InChI is InChI=1S/C12H18NOP.ClH/c1-15(2,14)12-6-4-3-5-11(12)10-7-8-13-9-10;/h3-6,10,13H,7-9H2,1-2H3;1H. The summed E-state index contributed by atoms with van der Waals surface area (Å²) in [6.45, 7) is 5.82. The Hall–Kier alpha value is -0.300. The molecule has 90 valence electrons. The molecule has 0 saturated carbocycles. The van der Waals surface area contributed by atoms with Crippen LogP contribution in [0.1, 0.15) is 17.9 Å². The molecule has 1 aliphatic rings. The van der Waals surface area contributed by atoms with Gasteiger partial charge in [0.15, 0.2) is 0 Å². The second-order valence-corrected chi connectivity index (χ2v) is 7.78. The SMILES string of the molecule is CP(C)(=O)c1ccccc1C1CCNC1.Cl. The zero-order valence-electron chi connectivity index (χ0n) is 9.77. The zero-order valence-corrected chi connectivity index (χ0v) is 11.5. The minimum Gasteiger partial charge on any atom is -0.319 e.